The van der Waals surface area contributed by atoms with Crippen molar-refractivity contribution >= 4 is 27.5 Å². The van der Waals surface area contributed by atoms with E-state index in [9.17, 15) is 22.4 Å². The molecular formula is C24H28FN3O4S. The summed E-state index contributed by atoms with van der Waals surface area (Å²) >= 11 is 0. The van der Waals surface area contributed by atoms with Crippen molar-refractivity contribution in [2.45, 2.75) is 43.5 Å². The zero-order chi connectivity index (χ0) is 23.8. The lowest BCUT2D eigenvalue weighted by atomic mass is 9.99. The van der Waals surface area contributed by atoms with E-state index >= 15 is 0 Å². The van der Waals surface area contributed by atoms with Gasteiger partial charge in [0.05, 0.1) is 23.0 Å². The van der Waals surface area contributed by atoms with Crippen LogP contribution in [0.1, 0.15) is 38.2 Å². The topological polar surface area (TPSA) is 78.0 Å². The van der Waals surface area contributed by atoms with Gasteiger partial charge < -0.3 is 0 Å². The standard InChI is InChI=1S/C24H28FN3O4S/c1-3-17(2)18-4-10-21(11-5-18)33(31,32)27-14-12-26(13-15-27)22-16-23(29)28(24(22)30)20-8-6-19(25)7-9-20/h4-11,17,22H,3,12-16H2,1-2H3/t17-,22-/m0/s1. The van der Waals surface area contributed by atoms with Crippen LogP contribution in [0.4, 0.5) is 10.1 Å². The SMILES string of the molecule is CC[C@H](C)c1ccc(S(=O)(=O)N2CCN([C@H]3CC(=O)N(c4ccc(F)cc4)C3=O)CC2)cc1. The van der Waals surface area contributed by atoms with Crippen molar-refractivity contribution in [1.29, 1.82) is 0 Å². The third-order valence-corrected chi connectivity index (χ3v) is 8.53. The number of hydrogen-bond donors (Lipinski definition) is 0. The van der Waals surface area contributed by atoms with E-state index in [1.807, 2.05) is 17.0 Å². The molecule has 33 heavy (non-hydrogen) atoms. The number of carbonyl (C=O) groups excluding carboxylic acids is 2. The molecule has 2 aliphatic heterocycles. The first-order valence-corrected chi connectivity index (χ1v) is 12.6. The molecule has 0 radical (unpaired) electrons. The Morgan fingerprint density at radius 2 is 1.58 bits per heavy atom. The second-order valence-electron chi connectivity index (χ2n) is 8.58. The molecule has 0 saturated carbocycles. The van der Waals surface area contributed by atoms with E-state index in [0.717, 1.165) is 16.9 Å². The third kappa shape index (κ3) is 4.58. The van der Waals surface area contributed by atoms with Gasteiger partial charge >= 0.3 is 0 Å². The smallest absolute Gasteiger partial charge is 0.251 e. The summed E-state index contributed by atoms with van der Waals surface area (Å²) in [5, 5.41) is 0. The molecule has 2 saturated heterocycles. The number of sulfonamides is 1. The van der Waals surface area contributed by atoms with E-state index in [0.29, 0.717) is 24.7 Å². The maximum absolute atomic E-state index is 13.2. The van der Waals surface area contributed by atoms with E-state index in [1.165, 1.54) is 28.6 Å². The van der Waals surface area contributed by atoms with Crippen LogP contribution in [-0.4, -0.2) is 61.7 Å². The Morgan fingerprint density at radius 3 is 2.15 bits per heavy atom. The van der Waals surface area contributed by atoms with Crippen molar-refractivity contribution in [1.82, 2.24) is 9.21 Å². The van der Waals surface area contributed by atoms with Crippen LogP contribution in [-0.2, 0) is 19.6 Å². The van der Waals surface area contributed by atoms with Crippen LogP contribution in [0.2, 0.25) is 0 Å². The molecule has 0 unspecified atom stereocenters. The fourth-order valence-corrected chi connectivity index (χ4v) is 5.79. The van der Waals surface area contributed by atoms with Crippen molar-refractivity contribution in [3.8, 4) is 0 Å². The number of rotatable bonds is 6. The Balaban J connectivity index is 1.42. The van der Waals surface area contributed by atoms with Gasteiger partial charge in [0, 0.05) is 26.2 Å². The van der Waals surface area contributed by atoms with E-state index in [1.54, 1.807) is 12.1 Å². The Hall–Kier alpha value is -2.62. The van der Waals surface area contributed by atoms with Crippen LogP contribution in [0.5, 0.6) is 0 Å². The number of benzene rings is 2. The lowest BCUT2D eigenvalue weighted by Crippen LogP contribution is -2.53. The molecular weight excluding hydrogens is 445 g/mol. The first kappa shape index (κ1) is 23.5. The molecule has 7 nitrogen and oxygen atoms in total. The van der Waals surface area contributed by atoms with Gasteiger partial charge in [-0.1, -0.05) is 26.0 Å². The average molecular weight is 474 g/mol. The zero-order valence-electron chi connectivity index (χ0n) is 18.8. The van der Waals surface area contributed by atoms with Crippen LogP contribution in [0.3, 0.4) is 0 Å². The number of hydrogen-bond acceptors (Lipinski definition) is 5. The van der Waals surface area contributed by atoms with E-state index in [-0.39, 0.29) is 36.2 Å². The second kappa shape index (κ2) is 9.32. The maximum atomic E-state index is 13.2. The molecule has 0 aromatic heterocycles. The predicted octanol–water partition coefficient (Wildman–Crippen LogP) is 2.98. The van der Waals surface area contributed by atoms with Gasteiger partial charge in [-0.2, -0.15) is 4.31 Å². The summed E-state index contributed by atoms with van der Waals surface area (Å²) in [6, 6.07) is 11.6. The van der Waals surface area contributed by atoms with Crippen LogP contribution >= 0.6 is 0 Å². The molecule has 2 heterocycles. The van der Waals surface area contributed by atoms with Crippen LogP contribution in [0.15, 0.2) is 53.4 Å². The Labute approximate surface area is 193 Å². The lowest BCUT2D eigenvalue weighted by Gasteiger charge is -2.36. The minimum absolute atomic E-state index is 0.0278. The summed E-state index contributed by atoms with van der Waals surface area (Å²) in [5.74, 6) is -0.774. The van der Waals surface area contributed by atoms with E-state index in [2.05, 4.69) is 13.8 Å². The normalized spacial score (nSPS) is 21.5. The first-order valence-electron chi connectivity index (χ1n) is 11.2. The second-order valence-corrected chi connectivity index (χ2v) is 10.5. The maximum Gasteiger partial charge on any atom is 0.251 e. The monoisotopic (exact) mass is 473 g/mol. The number of halogens is 1. The molecule has 176 valence electrons. The van der Waals surface area contributed by atoms with Crippen LogP contribution in [0.25, 0.3) is 0 Å². The first-order chi connectivity index (χ1) is 15.7. The minimum atomic E-state index is -3.63. The molecule has 2 aliphatic rings. The number of anilines is 1. The van der Waals surface area contributed by atoms with Crippen molar-refractivity contribution in [3.63, 3.8) is 0 Å². The minimum Gasteiger partial charge on any atom is -0.289 e. The lowest BCUT2D eigenvalue weighted by molar-refractivity contribution is -0.123. The van der Waals surface area contributed by atoms with Gasteiger partial charge in [0.2, 0.25) is 15.9 Å². The van der Waals surface area contributed by atoms with Crippen molar-refractivity contribution < 1.29 is 22.4 Å². The van der Waals surface area contributed by atoms with Gasteiger partial charge in [0.25, 0.3) is 5.91 Å². The summed E-state index contributed by atoms with van der Waals surface area (Å²) < 4.78 is 40.8. The molecule has 0 bridgehead atoms. The molecule has 0 N–H and O–H groups in total. The van der Waals surface area contributed by atoms with Gasteiger partial charge in [0.1, 0.15) is 5.82 Å². The summed E-state index contributed by atoms with van der Waals surface area (Å²) in [5.41, 5.74) is 1.45. The number of piperazine rings is 1. The summed E-state index contributed by atoms with van der Waals surface area (Å²) in [4.78, 5) is 28.7. The van der Waals surface area contributed by atoms with Crippen LogP contribution < -0.4 is 4.90 Å². The fourth-order valence-electron chi connectivity index (χ4n) is 4.37. The van der Waals surface area contributed by atoms with E-state index < -0.39 is 21.9 Å². The van der Waals surface area contributed by atoms with Gasteiger partial charge in [-0.25, -0.2) is 17.7 Å². The number of imide groups is 1. The molecule has 0 spiro atoms. The number of nitrogens with zero attached hydrogens (tertiary/aromatic N) is 3. The molecule has 9 heteroatoms. The van der Waals surface area contributed by atoms with Crippen molar-refractivity contribution in [3.05, 3.63) is 59.9 Å². The van der Waals surface area contributed by atoms with Gasteiger partial charge in [-0.15, -0.1) is 0 Å². The molecule has 0 aliphatic carbocycles. The molecule has 4 rings (SSSR count). The van der Waals surface area contributed by atoms with Gasteiger partial charge in [0.15, 0.2) is 0 Å². The quantitative estimate of drug-likeness (QED) is 0.603. The van der Waals surface area contributed by atoms with Crippen molar-refractivity contribution in [2.75, 3.05) is 31.1 Å². The Kier molecular flexibility index (Phi) is 6.65. The molecule has 2 fully saturated rings. The Morgan fingerprint density at radius 1 is 0.970 bits per heavy atom. The Bertz CT molecular complexity index is 1130. The highest BCUT2D eigenvalue weighted by Crippen LogP contribution is 2.28. The predicted molar refractivity (Wildman–Crippen MR) is 123 cm³/mol. The highest BCUT2D eigenvalue weighted by molar-refractivity contribution is 7.89. The molecule has 2 aromatic rings. The molecule has 2 amide bonds. The van der Waals surface area contributed by atoms with Crippen LogP contribution in [0, 0.1) is 5.82 Å². The highest BCUT2D eigenvalue weighted by Gasteiger charge is 2.44. The summed E-state index contributed by atoms with van der Waals surface area (Å²) in [7, 11) is -3.63. The third-order valence-electron chi connectivity index (χ3n) is 6.62. The number of amides is 2. The van der Waals surface area contributed by atoms with Crippen molar-refractivity contribution in [2.24, 2.45) is 0 Å². The zero-order valence-corrected chi connectivity index (χ0v) is 19.6. The molecule has 2 aromatic carbocycles. The molecule has 2 atom stereocenters. The highest BCUT2D eigenvalue weighted by atomic mass is 32.2. The average Bonchev–Trinajstić information content (AvgIpc) is 3.13. The van der Waals surface area contributed by atoms with E-state index in [4.69, 9.17) is 0 Å². The summed E-state index contributed by atoms with van der Waals surface area (Å²) in [6.07, 6.45) is 1.01. The fraction of sp³-hybridized carbons (Fsp3) is 0.417. The summed E-state index contributed by atoms with van der Waals surface area (Å²) in [6.45, 7) is 5.38. The number of carbonyl (C=O) groups is 2. The van der Waals surface area contributed by atoms with Gasteiger partial charge in [-0.3, -0.25) is 14.5 Å². The largest absolute Gasteiger partial charge is 0.289 e. The van der Waals surface area contributed by atoms with Gasteiger partial charge in [-0.05, 0) is 54.3 Å².